The van der Waals surface area contributed by atoms with Gasteiger partial charge in [0.15, 0.2) is 0 Å². The maximum atomic E-state index is 12.5. The van der Waals surface area contributed by atoms with Gasteiger partial charge in [0.25, 0.3) is 0 Å². The maximum Gasteiger partial charge on any atom is 0.228 e. The first-order chi connectivity index (χ1) is 7.53. The van der Waals surface area contributed by atoms with Crippen LogP contribution in [0.4, 0.5) is 0 Å². The number of likely N-dealkylation sites (tertiary alicyclic amines) is 1. The third kappa shape index (κ3) is 2.10. The molecule has 16 heavy (non-hydrogen) atoms. The summed E-state index contributed by atoms with van der Waals surface area (Å²) in [5.74, 6) is 1.00. The number of nitrogens with zero attached hydrogens (tertiary/aromatic N) is 1. The van der Waals surface area contributed by atoms with Crippen LogP contribution in [-0.2, 0) is 4.79 Å². The summed E-state index contributed by atoms with van der Waals surface area (Å²) in [5, 5.41) is 0. The van der Waals surface area contributed by atoms with Gasteiger partial charge in [-0.2, -0.15) is 0 Å². The van der Waals surface area contributed by atoms with E-state index in [0.29, 0.717) is 11.8 Å². The smallest absolute Gasteiger partial charge is 0.228 e. The van der Waals surface area contributed by atoms with E-state index in [1.807, 2.05) is 4.90 Å². The lowest BCUT2D eigenvalue weighted by molar-refractivity contribution is -0.147. The molecule has 3 nitrogen and oxygen atoms in total. The Morgan fingerprint density at radius 2 is 2.19 bits per heavy atom. The van der Waals surface area contributed by atoms with Crippen molar-refractivity contribution >= 4 is 5.91 Å². The average molecular weight is 224 g/mol. The highest BCUT2D eigenvalue weighted by Gasteiger charge is 2.47. The Morgan fingerprint density at radius 1 is 1.50 bits per heavy atom. The Morgan fingerprint density at radius 3 is 2.56 bits per heavy atom. The topological polar surface area (TPSA) is 46.3 Å². The summed E-state index contributed by atoms with van der Waals surface area (Å²) >= 11 is 0. The van der Waals surface area contributed by atoms with Crippen LogP contribution in [0.5, 0.6) is 0 Å². The molecule has 1 aliphatic heterocycles. The van der Waals surface area contributed by atoms with Crippen LogP contribution in [0.1, 0.15) is 46.0 Å². The molecule has 0 bridgehead atoms. The molecule has 2 aliphatic rings. The third-order valence-corrected chi connectivity index (χ3v) is 4.08. The van der Waals surface area contributed by atoms with Gasteiger partial charge in [-0.25, -0.2) is 0 Å². The SMILES string of the molecule is CC(C)CC1(C(=O)N2CCC(N)C2)CCC1. The number of rotatable bonds is 3. The fourth-order valence-corrected chi connectivity index (χ4v) is 3.20. The van der Waals surface area contributed by atoms with E-state index >= 15 is 0 Å². The molecule has 2 N–H and O–H groups in total. The van der Waals surface area contributed by atoms with E-state index in [4.69, 9.17) is 5.73 Å². The monoisotopic (exact) mass is 224 g/mol. The molecule has 1 heterocycles. The minimum Gasteiger partial charge on any atom is -0.341 e. The Kier molecular flexibility index (Phi) is 3.24. The zero-order chi connectivity index (χ0) is 11.8. The highest BCUT2D eigenvalue weighted by molar-refractivity contribution is 5.84. The molecular formula is C13H24N2O. The number of hydrogen-bond acceptors (Lipinski definition) is 2. The first kappa shape index (κ1) is 11.9. The van der Waals surface area contributed by atoms with Crippen molar-refractivity contribution in [3.63, 3.8) is 0 Å². The Balaban J connectivity index is 2.01. The van der Waals surface area contributed by atoms with Gasteiger partial charge in [0.1, 0.15) is 0 Å². The van der Waals surface area contributed by atoms with Crippen LogP contribution in [0, 0.1) is 11.3 Å². The van der Waals surface area contributed by atoms with Crippen molar-refractivity contribution in [3.05, 3.63) is 0 Å². The second kappa shape index (κ2) is 4.36. The lowest BCUT2D eigenvalue weighted by Gasteiger charge is -2.44. The molecule has 0 aromatic carbocycles. The molecule has 0 aromatic rings. The molecule has 0 radical (unpaired) electrons. The molecule has 3 heteroatoms. The molecule has 0 aromatic heterocycles. The number of carbonyl (C=O) groups is 1. The Labute approximate surface area is 98.4 Å². The third-order valence-electron chi connectivity index (χ3n) is 4.08. The molecule has 1 saturated carbocycles. The lowest BCUT2D eigenvalue weighted by atomic mass is 9.63. The van der Waals surface area contributed by atoms with Gasteiger partial charge >= 0.3 is 0 Å². The zero-order valence-electron chi connectivity index (χ0n) is 10.5. The quantitative estimate of drug-likeness (QED) is 0.794. The van der Waals surface area contributed by atoms with Gasteiger partial charge in [-0.15, -0.1) is 0 Å². The van der Waals surface area contributed by atoms with Gasteiger partial charge in [-0.3, -0.25) is 4.79 Å². The Bertz CT molecular complexity index is 271. The van der Waals surface area contributed by atoms with Crippen molar-refractivity contribution < 1.29 is 4.79 Å². The second-order valence-corrected chi connectivity index (χ2v) is 6.03. The molecule has 1 atom stereocenters. The zero-order valence-corrected chi connectivity index (χ0v) is 10.5. The minimum atomic E-state index is -0.0156. The number of nitrogens with two attached hydrogens (primary N) is 1. The maximum absolute atomic E-state index is 12.5. The van der Waals surface area contributed by atoms with Crippen molar-refractivity contribution in [2.24, 2.45) is 17.1 Å². The van der Waals surface area contributed by atoms with Crippen molar-refractivity contribution in [1.82, 2.24) is 4.90 Å². The summed E-state index contributed by atoms with van der Waals surface area (Å²) in [5.41, 5.74) is 5.86. The van der Waals surface area contributed by atoms with E-state index in [-0.39, 0.29) is 11.5 Å². The van der Waals surface area contributed by atoms with E-state index in [1.165, 1.54) is 6.42 Å². The lowest BCUT2D eigenvalue weighted by Crippen LogP contribution is -2.48. The summed E-state index contributed by atoms with van der Waals surface area (Å²) in [4.78, 5) is 14.5. The highest BCUT2D eigenvalue weighted by Crippen LogP contribution is 2.47. The van der Waals surface area contributed by atoms with Crippen LogP contribution in [0.3, 0.4) is 0 Å². The number of hydrogen-bond donors (Lipinski definition) is 1. The van der Waals surface area contributed by atoms with Gasteiger partial charge in [0.05, 0.1) is 0 Å². The van der Waals surface area contributed by atoms with Crippen LogP contribution in [-0.4, -0.2) is 29.9 Å². The van der Waals surface area contributed by atoms with Crippen LogP contribution in [0.2, 0.25) is 0 Å². The summed E-state index contributed by atoms with van der Waals surface area (Å²) in [6.07, 6.45) is 5.44. The molecule has 2 rings (SSSR count). The molecule has 92 valence electrons. The molecule has 1 saturated heterocycles. The first-order valence-electron chi connectivity index (χ1n) is 6.58. The summed E-state index contributed by atoms with van der Waals surface area (Å²) < 4.78 is 0. The van der Waals surface area contributed by atoms with E-state index in [1.54, 1.807) is 0 Å². The standard InChI is InChI=1S/C13H24N2O/c1-10(2)8-13(5-3-6-13)12(16)15-7-4-11(14)9-15/h10-11H,3-9,14H2,1-2H3. The van der Waals surface area contributed by atoms with Gasteiger partial charge in [0, 0.05) is 24.5 Å². The van der Waals surface area contributed by atoms with Crippen molar-refractivity contribution in [1.29, 1.82) is 0 Å². The fraction of sp³-hybridized carbons (Fsp3) is 0.923. The first-order valence-corrected chi connectivity index (χ1v) is 6.58. The normalized spacial score (nSPS) is 28.2. The molecular weight excluding hydrogens is 200 g/mol. The van der Waals surface area contributed by atoms with Crippen molar-refractivity contribution in [3.8, 4) is 0 Å². The Hall–Kier alpha value is -0.570. The van der Waals surface area contributed by atoms with Crippen LogP contribution >= 0.6 is 0 Å². The van der Waals surface area contributed by atoms with Crippen LogP contribution in [0.25, 0.3) is 0 Å². The van der Waals surface area contributed by atoms with Crippen molar-refractivity contribution in [2.45, 2.75) is 52.0 Å². The molecule has 2 fully saturated rings. The average Bonchev–Trinajstić information content (AvgIpc) is 2.57. The van der Waals surface area contributed by atoms with Crippen LogP contribution in [0.15, 0.2) is 0 Å². The summed E-state index contributed by atoms with van der Waals surface area (Å²) in [6.45, 7) is 6.07. The second-order valence-electron chi connectivity index (χ2n) is 6.03. The van der Waals surface area contributed by atoms with Crippen molar-refractivity contribution in [2.75, 3.05) is 13.1 Å². The number of amides is 1. The van der Waals surface area contributed by atoms with Gasteiger partial charge < -0.3 is 10.6 Å². The number of carbonyl (C=O) groups excluding carboxylic acids is 1. The van der Waals surface area contributed by atoms with E-state index in [2.05, 4.69) is 13.8 Å². The van der Waals surface area contributed by atoms with Crippen LogP contribution < -0.4 is 5.73 Å². The molecule has 0 spiro atoms. The van der Waals surface area contributed by atoms with E-state index in [0.717, 1.165) is 38.8 Å². The molecule has 1 unspecified atom stereocenters. The summed E-state index contributed by atoms with van der Waals surface area (Å²) in [6, 6.07) is 0.208. The van der Waals surface area contributed by atoms with Gasteiger partial charge in [-0.1, -0.05) is 20.3 Å². The van der Waals surface area contributed by atoms with Gasteiger partial charge in [0.2, 0.25) is 5.91 Å². The predicted molar refractivity (Wildman–Crippen MR) is 64.9 cm³/mol. The largest absolute Gasteiger partial charge is 0.341 e. The summed E-state index contributed by atoms with van der Waals surface area (Å²) in [7, 11) is 0. The van der Waals surface area contributed by atoms with Gasteiger partial charge in [-0.05, 0) is 31.6 Å². The predicted octanol–water partition coefficient (Wildman–Crippen LogP) is 1.76. The molecule has 1 aliphatic carbocycles. The minimum absolute atomic E-state index is 0.0156. The fourth-order valence-electron chi connectivity index (χ4n) is 3.20. The van der Waals surface area contributed by atoms with E-state index in [9.17, 15) is 4.79 Å². The molecule has 1 amide bonds. The van der Waals surface area contributed by atoms with E-state index < -0.39 is 0 Å². The highest BCUT2D eigenvalue weighted by atomic mass is 16.2.